The molecule has 1 amide bonds. The highest BCUT2D eigenvalue weighted by atomic mass is 32.2. The van der Waals surface area contributed by atoms with Crippen LogP contribution in [0.25, 0.3) is 0 Å². The van der Waals surface area contributed by atoms with Gasteiger partial charge in [-0.1, -0.05) is 6.92 Å². The molecular weight excluding hydrogens is 212 g/mol. The summed E-state index contributed by atoms with van der Waals surface area (Å²) in [5.74, 6) is 2.05. The van der Waals surface area contributed by atoms with Crippen LogP contribution in [-0.4, -0.2) is 43.2 Å². The number of methoxy groups -OCH3 is 1. The van der Waals surface area contributed by atoms with Gasteiger partial charge in [0.25, 0.3) is 0 Å². The number of carbonyl (C=O) groups is 1. The highest BCUT2D eigenvalue weighted by molar-refractivity contribution is 7.99. The van der Waals surface area contributed by atoms with Gasteiger partial charge in [0.05, 0.1) is 6.61 Å². The summed E-state index contributed by atoms with van der Waals surface area (Å²) in [6.45, 7) is 4.39. The lowest BCUT2D eigenvalue weighted by Gasteiger charge is -2.16. The Balaban J connectivity index is 3.65. The van der Waals surface area contributed by atoms with Crippen molar-refractivity contribution in [2.45, 2.75) is 32.4 Å². The van der Waals surface area contributed by atoms with Crippen LogP contribution in [0.3, 0.4) is 0 Å². The van der Waals surface area contributed by atoms with Crippen molar-refractivity contribution in [2.75, 3.05) is 25.2 Å². The zero-order valence-corrected chi connectivity index (χ0v) is 10.6. The third kappa shape index (κ3) is 7.64. The maximum absolute atomic E-state index is 11.5. The molecule has 0 saturated heterocycles. The Morgan fingerprint density at radius 3 is 2.80 bits per heavy atom. The smallest absolute Gasteiger partial charge is 0.239 e. The van der Waals surface area contributed by atoms with E-state index in [1.54, 1.807) is 0 Å². The first kappa shape index (κ1) is 14.7. The molecule has 2 unspecified atom stereocenters. The molecule has 3 N–H and O–H groups in total. The predicted octanol–water partition coefficient (Wildman–Crippen LogP) is 0.608. The molecule has 0 aromatic heterocycles. The Labute approximate surface area is 96.3 Å². The number of hydrogen-bond donors (Lipinski definition) is 2. The zero-order chi connectivity index (χ0) is 11.7. The van der Waals surface area contributed by atoms with Crippen LogP contribution < -0.4 is 11.1 Å². The Morgan fingerprint density at radius 1 is 1.60 bits per heavy atom. The van der Waals surface area contributed by atoms with Crippen molar-refractivity contribution in [3.63, 3.8) is 0 Å². The summed E-state index contributed by atoms with van der Waals surface area (Å²) >= 11 is 1.87. The third-order valence-electron chi connectivity index (χ3n) is 1.97. The molecule has 0 aromatic rings. The van der Waals surface area contributed by atoms with Crippen LogP contribution in [0.1, 0.15) is 20.3 Å². The molecular formula is C10H22N2O2S. The summed E-state index contributed by atoms with van der Waals surface area (Å²) in [4.78, 5) is 11.5. The maximum Gasteiger partial charge on any atom is 0.239 e. The molecule has 0 aromatic carbocycles. The van der Waals surface area contributed by atoms with Crippen LogP contribution >= 0.6 is 11.8 Å². The van der Waals surface area contributed by atoms with E-state index in [-0.39, 0.29) is 18.6 Å². The summed E-state index contributed by atoms with van der Waals surface area (Å²) in [5.41, 5.74) is 5.59. The summed E-state index contributed by atoms with van der Waals surface area (Å²) in [5, 5.41) is 2.87. The molecule has 0 rings (SSSR count). The molecule has 0 radical (unpaired) electrons. The lowest BCUT2D eigenvalue weighted by Crippen LogP contribution is -2.46. The molecule has 15 heavy (non-hydrogen) atoms. The van der Waals surface area contributed by atoms with Crippen LogP contribution in [-0.2, 0) is 9.53 Å². The topological polar surface area (TPSA) is 64.4 Å². The highest BCUT2D eigenvalue weighted by Crippen LogP contribution is 2.03. The Kier molecular flexibility index (Phi) is 8.85. The number of hydrogen-bond acceptors (Lipinski definition) is 4. The number of rotatable bonds is 8. The van der Waals surface area contributed by atoms with E-state index >= 15 is 0 Å². The first-order valence-electron chi connectivity index (χ1n) is 5.24. The van der Waals surface area contributed by atoms with E-state index in [0.717, 1.165) is 17.9 Å². The van der Waals surface area contributed by atoms with Gasteiger partial charge in [0, 0.05) is 13.2 Å². The molecule has 2 atom stereocenters. The summed E-state index contributed by atoms with van der Waals surface area (Å²) in [6.07, 6.45) is 0.976. The van der Waals surface area contributed by atoms with Crippen molar-refractivity contribution >= 4 is 17.7 Å². The maximum atomic E-state index is 11.5. The van der Waals surface area contributed by atoms with Gasteiger partial charge in [0.2, 0.25) is 5.91 Å². The van der Waals surface area contributed by atoms with E-state index < -0.39 is 6.04 Å². The zero-order valence-electron chi connectivity index (χ0n) is 9.79. The van der Waals surface area contributed by atoms with Gasteiger partial charge in [-0.3, -0.25) is 4.79 Å². The molecule has 90 valence electrons. The average Bonchev–Trinajstić information content (AvgIpc) is 2.18. The second kappa shape index (κ2) is 9.00. The van der Waals surface area contributed by atoms with Gasteiger partial charge in [0.15, 0.2) is 0 Å². The van der Waals surface area contributed by atoms with Crippen LogP contribution in [0, 0.1) is 0 Å². The lowest BCUT2D eigenvalue weighted by molar-refractivity contribution is -0.124. The average molecular weight is 234 g/mol. The standard InChI is InChI=1S/C10H22N2O2S/c1-4-15-6-5-8(2)12-10(13)9(11)7-14-3/h8-9H,4-7,11H2,1-3H3,(H,12,13). The van der Waals surface area contributed by atoms with Gasteiger partial charge in [0.1, 0.15) is 6.04 Å². The molecule has 0 spiro atoms. The van der Waals surface area contributed by atoms with E-state index in [1.807, 2.05) is 18.7 Å². The number of nitrogens with two attached hydrogens (primary N) is 1. The van der Waals surface area contributed by atoms with Crippen molar-refractivity contribution in [3.05, 3.63) is 0 Å². The molecule has 0 aliphatic heterocycles. The minimum atomic E-state index is -0.559. The van der Waals surface area contributed by atoms with Crippen LogP contribution in [0.2, 0.25) is 0 Å². The fourth-order valence-corrected chi connectivity index (χ4v) is 1.89. The van der Waals surface area contributed by atoms with Crippen molar-refractivity contribution in [1.29, 1.82) is 0 Å². The minimum Gasteiger partial charge on any atom is -0.383 e. The van der Waals surface area contributed by atoms with E-state index in [1.165, 1.54) is 7.11 Å². The summed E-state index contributed by atoms with van der Waals surface area (Å²) < 4.78 is 4.81. The van der Waals surface area contributed by atoms with Crippen LogP contribution in [0.5, 0.6) is 0 Å². The molecule has 0 aliphatic carbocycles. The summed E-state index contributed by atoms with van der Waals surface area (Å²) in [6, 6.07) is -0.379. The molecule has 0 aliphatic rings. The Morgan fingerprint density at radius 2 is 2.27 bits per heavy atom. The van der Waals surface area contributed by atoms with Gasteiger partial charge in [-0.05, 0) is 24.9 Å². The van der Waals surface area contributed by atoms with Crippen molar-refractivity contribution in [2.24, 2.45) is 5.73 Å². The van der Waals surface area contributed by atoms with Crippen LogP contribution in [0.4, 0.5) is 0 Å². The fourth-order valence-electron chi connectivity index (χ4n) is 1.08. The highest BCUT2D eigenvalue weighted by Gasteiger charge is 2.14. The molecule has 0 saturated carbocycles. The molecule has 0 heterocycles. The predicted molar refractivity (Wildman–Crippen MR) is 65.1 cm³/mol. The number of ether oxygens (including phenoxy) is 1. The SMILES string of the molecule is CCSCCC(C)NC(=O)C(N)COC. The first-order valence-corrected chi connectivity index (χ1v) is 6.39. The quantitative estimate of drug-likeness (QED) is 0.604. The fraction of sp³-hybridized carbons (Fsp3) is 0.900. The molecule has 4 nitrogen and oxygen atoms in total. The molecule has 0 fully saturated rings. The monoisotopic (exact) mass is 234 g/mol. The number of nitrogens with one attached hydrogen (secondary N) is 1. The van der Waals surface area contributed by atoms with Gasteiger partial charge in [-0.2, -0.15) is 11.8 Å². The second-order valence-corrected chi connectivity index (χ2v) is 4.85. The number of carbonyl (C=O) groups excluding carboxylic acids is 1. The van der Waals surface area contributed by atoms with Crippen molar-refractivity contribution in [1.82, 2.24) is 5.32 Å². The summed E-state index contributed by atoms with van der Waals surface area (Å²) in [7, 11) is 1.54. The Bertz CT molecular complexity index is 179. The first-order chi connectivity index (χ1) is 7.11. The van der Waals surface area contributed by atoms with Crippen molar-refractivity contribution in [3.8, 4) is 0 Å². The van der Waals surface area contributed by atoms with Gasteiger partial charge in [-0.25, -0.2) is 0 Å². The van der Waals surface area contributed by atoms with E-state index in [9.17, 15) is 4.79 Å². The van der Waals surface area contributed by atoms with E-state index in [2.05, 4.69) is 12.2 Å². The second-order valence-electron chi connectivity index (χ2n) is 3.46. The number of amides is 1. The number of thioether (sulfide) groups is 1. The van der Waals surface area contributed by atoms with Gasteiger partial charge < -0.3 is 15.8 Å². The molecule has 5 heteroatoms. The van der Waals surface area contributed by atoms with Gasteiger partial charge in [-0.15, -0.1) is 0 Å². The van der Waals surface area contributed by atoms with E-state index in [0.29, 0.717) is 0 Å². The Hall–Kier alpha value is -0.260. The van der Waals surface area contributed by atoms with Crippen LogP contribution in [0.15, 0.2) is 0 Å². The van der Waals surface area contributed by atoms with Crippen molar-refractivity contribution < 1.29 is 9.53 Å². The third-order valence-corrected chi connectivity index (χ3v) is 2.90. The lowest BCUT2D eigenvalue weighted by atomic mass is 10.2. The minimum absolute atomic E-state index is 0.133. The molecule has 0 bridgehead atoms. The largest absolute Gasteiger partial charge is 0.383 e. The van der Waals surface area contributed by atoms with Gasteiger partial charge >= 0.3 is 0 Å². The van der Waals surface area contributed by atoms with E-state index in [4.69, 9.17) is 10.5 Å². The normalized spacial score (nSPS) is 14.7.